The van der Waals surface area contributed by atoms with Gasteiger partial charge in [0.05, 0.1) is 4.99 Å². The van der Waals surface area contributed by atoms with E-state index in [0.29, 0.717) is 17.1 Å². The first-order valence-corrected chi connectivity index (χ1v) is 5.43. The van der Waals surface area contributed by atoms with Crippen LogP contribution in [0.5, 0.6) is 0 Å². The third-order valence-electron chi connectivity index (χ3n) is 2.27. The van der Waals surface area contributed by atoms with Crippen molar-refractivity contribution in [2.24, 2.45) is 5.73 Å². The predicted molar refractivity (Wildman–Crippen MR) is 63.0 cm³/mol. The van der Waals surface area contributed by atoms with E-state index in [1.807, 2.05) is 0 Å². The van der Waals surface area contributed by atoms with E-state index < -0.39 is 0 Å². The van der Waals surface area contributed by atoms with Crippen molar-refractivity contribution < 1.29 is 0 Å². The zero-order valence-corrected chi connectivity index (χ0v) is 10.0. The molecule has 0 aliphatic heterocycles. The molecule has 0 aromatic rings. The Morgan fingerprint density at radius 3 is 2.23 bits per heavy atom. The molecule has 2 nitrogen and oxygen atoms in total. The van der Waals surface area contributed by atoms with Gasteiger partial charge in [-0.3, -0.25) is 4.90 Å². The van der Waals surface area contributed by atoms with Crippen LogP contribution in [0, 0.1) is 0 Å². The maximum Gasteiger partial charge on any atom is 0.0870 e. The van der Waals surface area contributed by atoms with E-state index in [4.69, 9.17) is 18.0 Å². The molecule has 0 saturated carbocycles. The Labute approximate surface area is 87.5 Å². The zero-order chi connectivity index (χ0) is 10.4. The Hall–Kier alpha value is -0.150. The Bertz CT molecular complexity index is 157. The quantitative estimate of drug-likeness (QED) is 0.669. The zero-order valence-electron chi connectivity index (χ0n) is 9.21. The molecular weight excluding hydrogens is 180 g/mol. The minimum absolute atomic E-state index is 0.517. The van der Waals surface area contributed by atoms with Crippen LogP contribution in [-0.2, 0) is 0 Å². The van der Waals surface area contributed by atoms with Gasteiger partial charge in [-0.1, -0.05) is 25.6 Å². The lowest BCUT2D eigenvalue weighted by atomic mass is 10.1. The van der Waals surface area contributed by atoms with Crippen LogP contribution < -0.4 is 5.73 Å². The summed E-state index contributed by atoms with van der Waals surface area (Å²) in [6, 6.07) is 1.09. The van der Waals surface area contributed by atoms with Crippen LogP contribution in [0.25, 0.3) is 0 Å². The maximum absolute atomic E-state index is 5.55. The number of hydrogen-bond acceptors (Lipinski definition) is 2. The number of nitrogens with zero attached hydrogens (tertiary/aromatic N) is 1. The topological polar surface area (TPSA) is 29.3 Å². The number of nitrogens with two attached hydrogens (primary N) is 1. The Balaban J connectivity index is 4.14. The van der Waals surface area contributed by atoms with Gasteiger partial charge in [-0.2, -0.15) is 0 Å². The second-order valence-corrected chi connectivity index (χ2v) is 4.39. The summed E-state index contributed by atoms with van der Waals surface area (Å²) < 4.78 is 0. The molecule has 0 aliphatic carbocycles. The smallest absolute Gasteiger partial charge is 0.0870 e. The fourth-order valence-electron chi connectivity index (χ4n) is 1.61. The molecule has 0 aromatic heterocycles. The van der Waals surface area contributed by atoms with Gasteiger partial charge in [-0.25, -0.2) is 0 Å². The maximum atomic E-state index is 5.55. The average molecular weight is 202 g/mol. The SMILES string of the molecule is CCCC(C)N(CC(N)=S)C(C)C. The van der Waals surface area contributed by atoms with E-state index in [1.54, 1.807) is 0 Å². The molecule has 0 radical (unpaired) electrons. The van der Waals surface area contributed by atoms with Crippen LogP contribution in [0.15, 0.2) is 0 Å². The van der Waals surface area contributed by atoms with Gasteiger partial charge in [0.25, 0.3) is 0 Å². The lowest BCUT2D eigenvalue weighted by molar-refractivity contribution is 0.181. The van der Waals surface area contributed by atoms with Crippen LogP contribution in [0.3, 0.4) is 0 Å². The van der Waals surface area contributed by atoms with Gasteiger partial charge in [0.2, 0.25) is 0 Å². The van der Waals surface area contributed by atoms with E-state index in [-0.39, 0.29) is 0 Å². The van der Waals surface area contributed by atoms with Gasteiger partial charge >= 0.3 is 0 Å². The molecule has 0 amide bonds. The van der Waals surface area contributed by atoms with E-state index in [0.717, 1.165) is 6.54 Å². The highest BCUT2D eigenvalue weighted by molar-refractivity contribution is 7.80. The molecule has 0 heterocycles. The molecule has 0 rings (SSSR count). The Morgan fingerprint density at radius 2 is 1.92 bits per heavy atom. The molecular formula is C10H22N2S. The summed E-state index contributed by atoms with van der Waals surface area (Å²) in [4.78, 5) is 2.95. The fraction of sp³-hybridized carbons (Fsp3) is 0.900. The third kappa shape index (κ3) is 5.21. The molecule has 13 heavy (non-hydrogen) atoms. The summed E-state index contributed by atoms with van der Waals surface area (Å²) in [7, 11) is 0. The van der Waals surface area contributed by atoms with Crippen molar-refractivity contribution in [3.05, 3.63) is 0 Å². The van der Waals surface area contributed by atoms with Crippen molar-refractivity contribution in [3.8, 4) is 0 Å². The first-order chi connectivity index (χ1) is 5.99. The predicted octanol–water partition coefficient (Wildman–Crippen LogP) is 2.17. The summed E-state index contributed by atoms with van der Waals surface area (Å²) in [5.41, 5.74) is 5.55. The van der Waals surface area contributed by atoms with Crippen LogP contribution in [0.1, 0.15) is 40.5 Å². The molecule has 2 N–H and O–H groups in total. The van der Waals surface area contributed by atoms with Gasteiger partial charge in [0.15, 0.2) is 0 Å². The van der Waals surface area contributed by atoms with Gasteiger partial charge in [-0.05, 0) is 27.2 Å². The van der Waals surface area contributed by atoms with Crippen LogP contribution in [-0.4, -0.2) is 28.5 Å². The fourth-order valence-corrected chi connectivity index (χ4v) is 1.76. The lowest BCUT2D eigenvalue weighted by Crippen LogP contribution is -2.43. The standard InChI is InChI=1S/C10H22N2S/c1-5-6-9(4)12(8(2)3)7-10(11)13/h8-9H,5-7H2,1-4H3,(H2,11,13). The normalized spacial score (nSPS) is 13.7. The third-order valence-corrected chi connectivity index (χ3v) is 2.40. The summed E-state index contributed by atoms with van der Waals surface area (Å²) >= 11 is 4.93. The lowest BCUT2D eigenvalue weighted by Gasteiger charge is -2.32. The van der Waals surface area contributed by atoms with Crippen molar-refractivity contribution in [2.75, 3.05) is 6.54 Å². The molecule has 78 valence electrons. The first-order valence-electron chi connectivity index (χ1n) is 5.03. The molecule has 0 fully saturated rings. The molecule has 0 bridgehead atoms. The molecule has 0 spiro atoms. The highest BCUT2D eigenvalue weighted by Crippen LogP contribution is 2.09. The van der Waals surface area contributed by atoms with E-state index in [1.165, 1.54) is 12.8 Å². The van der Waals surface area contributed by atoms with Crippen molar-refractivity contribution in [2.45, 2.75) is 52.6 Å². The van der Waals surface area contributed by atoms with Crippen LogP contribution >= 0.6 is 12.2 Å². The molecule has 1 atom stereocenters. The Morgan fingerprint density at radius 1 is 1.38 bits per heavy atom. The van der Waals surface area contributed by atoms with Crippen molar-refractivity contribution in [1.82, 2.24) is 4.90 Å². The molecule has 1 unspecified atom stereocenters. The highest BCUT2D eigenvalue weighted by atomic mass is 32.1. The number of hydrogen-bond donors (Lipinski definition) is 1. The van der Waals surface area contributed by atoms with Crippen molar-refractivity contribution >= 4 is 17.2 Å². The molecule has 0 aliphatic rings. The molecule has 0 aromatic carbocycles. The van der Waals surface area contributed by atoms with Crippen molar-refractivity contribution in [3.63, 3.8) is 0 Å². The van der Waals surface area contributed by atoms with Gasteiger partial charge in [-0.15, -0.1) is 0 Å². The van der Waals surface area contributed by atoms with Crippen LogP contribution in [0.4, 0.5) is 0 Å². The summed E-state index contributed by atoms with van der Waals surface area (Å²) in [5.74, 6) is 0. The van der Waals surface area contributed by atoms with Gasteiger partial charge < -0.3 is 5.73 Å². The highest BCUT2D eigenvalue weighted by Gasteiger charge is 2.16. The first kappa shape index (κ1) is 12.8. The summed E-state index contributed by atoms with van der Waals surface area (Å²) in [6.07, 6.45) is 2.42. The second-order valence-electron chi connectivity index (χ2n) is 3.87. The van der Waals surface area contributed by atoms with Gasteiger partial charge in [0, 0.05) is 18.6 Å². The molecule has 3 heteroatoms. The average Bonchev–Trinajstić information content (AvgIpc) is 1.99. The van der Waals surface area contributed by atoms with Gasteiger partial charge in [0.1, 0.15) is 0 Å². The minimum atomic E-state index is 0.517. The number of thiocarbonyl (C=S) groups is 1. The van der Waals surface area contributed by atoms with E-state index >= 15 is 0 Å². The largest absolute Gasteiger partial charge is 0.392 e. The molecule has 0 saturated heterocycles. The van der Waals surface area contributed by atoms with E-state index in [9.17, 15) is 0 Å². The minimum Gasteiger partial charge on any atom is -0.392 e. The summed E-state index contributed by atoms with van der Waals surface area (Å²) in [5, 5.41) is 0. The second kappa shape index (κ2) is 6.33. The summed E-state index contributed by atoms with van der Waals surface area (Å²) in [6.45, 7) is 9.56. The van der Waals surface area contributed by atoms with Crippen LogP contribution in [0.2, 0.25) is 0 Å². The Kier molecular flexibility index (Phi) is 6.25. The number of rotatable bonds is 6. The monoisotopic (exact) mass is 202 g/mol. The van der Waals surface area contributed by atoms with E-state index in [2.05, 4.69) is 32.6 Å². The van der Waals surface area contributed by atoms with Crippen molar-refractivity contribution in [1.29, 1.82) is 0 Å².